The van der Waals surface area contributed by atoms with Crippen molar-refractivity contribution in [3.05, 3.63) is 54.6 Å². The van der Waals surface area contributed by atoms with Crippen LogP contribution in [0.4, 0.5) is 11.4 Å². The summed E-state index contributed by atoms with van der Waals surface area (Å²) in [6.07, 6.45) is 0.361. The van der Waals surface area contributed by atoms with Crippen LogP contribution in [0.1, 0.15) is 26.2 Å². The van der Waals surface area contributed by atoms with Gasteiger partial charge in [0.15, 0.2) is 0 Å². The quantitative estimate of drug-likeness (QED) is 0.566. The lowest BCUT2D eigenvalue weighted by atomic mass is 10.2. The molecule has 0 saturated carbocycles. The van der Waals surface area contributed by atoms with E-state index in [0.717, 1.165) is 10.6 Å². The number of benzene rings is 2. The largest absolute Gasteiger partial charge is 0.481 e. The number of carbonyl (C=O) groups is 3. The highest BCUT2D eigenvalue weighted by atomic mass is 32.2. The molecule has 1 unspecified atom stereocenters. The highest BCUT2D eigenvalue weighted by Crippen LogP contribution is 2.28. The van der Waals surface area contributed by atoms with Crippen LogP contribution in [0.3, 0.4) is 0 Å². The Morgan fingerprint density at radius 2 is 1.67 bits per heavy atom. The van der Waals surface area contributed by atoms with Gasteiger partial charge in [-0.2, -0.15) is 0 Å². The first-order chi connectivity index (χ1) is 13.0. The number of thioether (sulfide) groups is 1. The van der Waals surface area contributed by atoms with Crippen LogP contribution in [0.2, 0.25) is 0 Å². The lowest BCUT2D eigenvalue weighted by molar-refractivity contribution is -0.138. The summed E-state index contributed by atoms with van der Waals surface area (Å²) in [5, 5.41) is 13.9. The molecule has 7 heteroatoms. The molecule has 0 spiro atoms. The van der Waals surface area contributed by atoms with E-state index in [2.05, 4.69) is 10.6 Å². The molecule has 3 N–H and O–H groups in total. The smallest absolute Gasteiger partial charge is 0.303 e. The Kier molecular flexibility index (Phi) is 7.88. The fourth-order valence-corrected chi connectivity index (χ4v) is 3.34. The Morgan fingerprint density at radius 1 is 0.963 bits per heavy atom. The molecule has 0 aliphatic carbocycles. The van der Waals surface area contributed by atoms with Gasteiger partial charge >= 0.3 is 5.97 Å². The maximum atomic E-state index is 12.5. The molecule has 2 aromatic carbocycles. The number of hydrogen-bond acceptors (Lipinski definition) is 4. The molecule has 2 amide bonds. The van der Waals surface area contributed by atoms with Gasteiger partial charge in [0.2, 0.25) is 11.8 Å². The van der Waals surface area contributed by atoms with Crippen molar-refractivity contribution in [3.8, 4) is 0 Å². The van der Waals surface area contributed by atoms with Crippen LogP contribution < -0.4 is 10.6 Å². The Hall–Kier alpha value is -2.80. The Bertz CT molecular complexity index is 796. The molecule has 0 saturated heterocycles. The summed E-state index contributed by atoms with van der Waals surface area (Å²) >= 11 is 1.42. The van der Waals surface area contributed by atoms with Gasteiger partial charge in [-0.1, -0.05) is 31.2 Å². The maximum absolute atomic E-state index is 12.5. The number of nitrogens with one attached hydrogen (secondary N) is 2. The van der Waals surface area contributed by atoms with Gasteiger partial charge in [-0.3, -0.25) is 14.4 Å². The topological polar surface area (TPSA) is 95.5 Å². The van der Waals surface area contributed by atoms with Crippen LogP contribution in [0.5, 0.6) is 0 Å². The molecule has 0 radical (unpaired) electrons. The van der Waals surface area contributed by atoms with Gasteiger partial charge in [0.1, 0.15) is 0 Å². The molecule has 0 aromatic heterocycles. The summed E-state index contributed by atoms with van der Waals surface area (Å²) in [5.74, 6) is -1.44. The zero-order chi connectivity index (χ0) is 19.6. The molecule has 142 valence electrons. The number of amides is 2. The predicted octanol–water partition coefficient (Wildman–Crippen LogP) is 4.00. The molecule has 0 heterocycles. The van der Waals surface area contributed by atoms with Gasteiger partial charge in [-0.25, -0.2) is 0 Å². The number of anilines is 2. The average Bonchev–Trinajstić information content (AvgIpc) is 2.65. The highest BCUT2D eigenvalue weighted by molar-refractivity contribution is 8.00. The van der Waals surface area contributed by atoms with Crippen molar-refractivity contribution in [2.45, 2.75) is 36.3 Å². The molecule has 1 atom stereocenters. The highest BCUT2D eigenvalue weighted by Gasteiger charge is 2.18. The second kappa shape index (κ2) is 10.4. The number of hydrogen-bond donors (Lipinski definition) is 3. The second-order valence-corrected chi connectivity index (χ2v) is 7.12. The third kappa shape index (κ3) is 7.15. The minimum absolute atomic E-state index is 0.0791. The number of para-hydroxylation sites is 1. The number of carbonyl (C=O) groups excluding carboxylic acids is 2. The third-order valence-corrected chi connectivity index (χ3v) is 5.02. The van der Waals surface area contributed by atoms with E-state index in [4.69, 9.17) is 5.11 Å². The number of rotatable bonds is 9. The van der Waals surface area contributed by atoms with Gasteiger partial charge < -0.3 is 15.7 Å². The lowest BCUT2D eigenvalue weighted by Gasteiger charge is -2.15. The van der Waals surface area contributed by atoms with E-state index in [1.165, 1.54) is 11.8 Å². The minimum atomic E-state index is -1.01. The molecule has 0 bridgehead atoms. The normalized spacial score (nSPS) is 11.4. The lowest BCUT2D eigenvalue weighted by Crippen LogP contribution is -2.24. The SMILES string of the molecule is CCC(Sc1cccc(NC(=O)CCC(=O)O)c1)C(=O)Nc1ccccc1. The molecule has 0 aliphatic heterocycles. The first-order valence-electron chi connectivity index (χ1n) is 8.62. The summed E-state index contributed by atoms with van der Waals surface area (Å²) < 4.78 is 0. The average molecular weight is 386 g/mol. The summed E-state index contributed by atoms with van der Waals surface area (Å²) in [6.45, 7) is 1.94. The van der Waals surface area contributed by atoms with Crippen molar-refractivity contribution in [3.63, 3.8) is 0 Å². The van der Waals surface area contributed by atoms with Crippen molar-refractivity contribution in [1.82, 2.24) is 0 Å². The van der Waals surface area contributed by atoms with Gasteiger partial charge in [0, 0.05) is 22.7 Å². The first kappa shape index (κ1) is 20.5. The zero-order valence-electron chi connectivity index (χ0n) is 15.0. The van der Waals surface area contributed by atoms with E-state index in [1.54, 1.807) is 18.2 Å². The van der Waals surface area contributed by atoms with E-state index < -0.39 is 5.97 Å². The Morgan fingerprint density at radius 3 is 2.33 bits per heavy atom. The van der Waals surface area contributed by atoms with Gasteiger partial charge in [-0.05, 0) is 36.8 Å². The van der Waals surface area contributed by atoms with E-state index in [0.29, 0.717) is 12.1 Å². The first-order valence-corrected chi connectivity index (χ1v) is 9.50. The summed E-state index contributed by atoms with van der Waals surface area (Å²) in [5.41, 5.74) is 1.33. The third-order valence-electron chi connectivity index (χ3n) is 3.67. The van der Waals surface area contributed by atoms with Gasteiger partial charge in [0.25, 0.3) is 0 Å². The number of carboxylic acid groups (broad SMARTS) is 1. The monoisotopic (exact) mass is 386 g/mol. The molecule has 2 rings (SSSR count). The molecule has 2 aromatic rings. The second-order valence-electron chi connectivity index (χ2n) is 5.84. The predicted molar refractivity (Wildman–Crippen MR) is 107 cm³/mol. The maximum Gasteiger partial charge on any atom is 0.303 e. The summed E-state index contributed by atoms with van der Waals surface area (Å²) in [4.78, 5) is 35.7. The number of aliphatic carboxylic acids is 1. The van der Waals surface area contributed by atoms with E-state index in [9.17, 15) is 14.4 Å². The van der Waals surface area contributed by atoms with Crippen molar-refractivity contribution in [2.75, 3.05) is 10.6 Å². The molecule has 27 heavy (non-hydrogen) atoms. The van der Waals surface area contributed by atoms with Crippen molar-refractivity contribution in [2.24, 2.45) is 0 Å². The van der Waals surface area contributed by atoms with Gasteiger partial charge in [0.05, 0.1) is 11.7 Å². The van der Waals surface area contributed by atoms with Crippen LogP contribution in [0.15, 0.2) is 59.5 Å². The fourth-order valence-electron chi connectivity index (χ4n) is 2.32. The van der Waals surface area contributed by atoms with E-state index >= 15 is 0 Å². The van der Waals surface area contributed by atoms with E-state index in [-0.39, 0.29) is 29.9 Å². The van der Waals surface area contributed by atoms with Crippen molar-refractivity contribution < 1.29 is 19.5 Å². The molecule has 0 aliphatic rings. The fraction of sp³-hybridized carbons (Fsp3) is 0.250. The molecular weight excluding hydrogens is 364 g/mol. The Labute approximate surface area is 162 Å². The van der Waals surface area contributed by atoms with Crippen LogP contribution in [0, 0.1) is 0 Å². The minimum Gasteiger partial charge on any atom is -0.481 e. The van der Waals surface area contributed by atoms with E-state index in [1.807, 2.05) is 43.3 Å². The van der Waals surface area contributed by atoms with Gasteiger partial charge in [-0.15, -0.1) is 11.8 Å². The molecular formula is C20H22N2O4S. The molecule has 0 fully saturated rings. The van der Waals surface area contributed by atoms with Crippen molar-refractivity contribution in [1.29, 1.82) is 0 Å². The van der Waals surface area contributed by atoms with Crippen LogP contribution in [-0.2, 0) is 14.4 Å². The number of carboxylic acids is 1. The Balaban J connectivity index is 1.97. The summed E-state index contributed by atoms with van der Waals surface area (Å²) in [7, 11) is 0. The van der Waals surface area contributed by atoms with Crippen LogP contribution in [-0.4, -0.2) is 28.1 Å². The summed E-state index contributed by atoms with van der Waals surface area (Å²) in [6, 6.07) is 16.5. The van der Waals surface area contributed by atoms with Crippen LogP contribution >= 0.6 is 11.8 Å². The zero-order valence-corrected chi connectivity index (χ0v) is 15.8. The van der Waals surface area contributed by atoms with Crippen molar-refractivity contribution >= 4 is 40.9 Å². The standard InChI is InChI=1S/C20H22N2O4S/c1-2-17(20(26)22-14-7-4-3-5-8-14)27-16-10-6-9-15(13-16)21-18(23)11-12-19(24)25/h3-10,13,17H,2,11-12H2,1H3,(H,21,23)(H,22,26)(H,24,25). The van der Waals surface area contributed by atoms with Crippen LogP contribution in [0.25, 0.3) is 0 Å². The molecule has 6 nitrogen and oxygen atoms in total.